The SMILES string of the molecule is Cc1noc(C)c1COc1ccc(C(=O)NNC(=O)C2CC2)cc1. The molecule has 1 heterocycles. The number of carbonyl (C=O) groups excluding carboxylic acids is 2. The van der Waals surface area contributed by atoms with E-state index in [9.17, 15) is 9.59 Å². The van der Waals surface area contributed by atoms with Crippen molar-refractivity contribution < 1.29 is 18.8 Å². The summed E-state index contributed by atoms with van der Waals surface area (Å²) < 4.78 is 10.8. The lowest BCUT2D eigenvalue weighted by Gasteiger charge is -2.08. The first-order valence-corrected chi connectivity index (χ1v) is 7.79. The molecule has 1 fully saturated rings. The normalized spacial score (nSPS) is 13.4. The van der Waals surface area contributed by atoms with E-state index in [1.54, 1.807) is 24.3 Å². The van der Waals surface area contributed by atoms with Crippen LogP contribution in [0.1, 0.15) is 40.2 Å². The van der Waals surface area contributed by atoms with Gasteiger partial charge in [-0.25, -0.2) is 0 Å². The fraction of sp³-hybridized carbons (Fsp3) is 0.353. The van der Waals surface area contributed by atoms with Gasteiger partial charge in [0.2, 0.25) is 5.91 Å². The maximum atomic E-state index is 12.0. The highest BCUT2D eigenvalue weighted by atomic mass is 16.5. The third-order valence-corrected chi connectivity index (χ3v) is 3.93. The Kier molecular flexibility index (Phi) is 4.50. The van der Waals surface area contributed by atoms with Crippen LogP contribution in [0, 0.1) is 19.8 Å². The van der Waals surface area contributed by atoms with E-state index in [4.69, 9.17) is 9.26 Å². The second-order valence-corrected chi connectivity index (χ2v) is 5.83. The van der Waals surface area contributed by atoms with Crippen molar-refractivity contribution in [2.45, 2.75) is 33.3 Å². The summed E-state index contributed by atoms with van der Waals surface area (Å²) in [6.07, 6.45) is 1.78. The zero-order valence-corrected chi connectivity index (χ0v) is 13.6. The lowest BCUT2D eigenvalue weighted by Crippen LogP contribution is -2.42. The molecule has 0 radical (unpaired) electrons. The second-order valence-electron chi connectivity index (χ2n) is 5.83. The number of nitrogens with zero attached hydrogens (tertiary/aromatic N) is 1. The summed E-state index contributed by atoms with van der Waals surface area (Å²) >= 11 is 0. The molecule has 0 aliphatic heterocycles. The van der Waals surface area contributed by atoms with E-state index in [2.05, 4.69) is 16.0 Å². The van der Waals surface area contributed by atoms with E-state index >= 15 is 0 Å². The van der Waals surface area contributed by atoms with Crippen LogP contribution >= 0.6 is 0 Å². The van der Waals surface area contributed by atoms with Gasteiger partial charge in [-0.3, -0.25) is 20.4 Å². The molecule has 24 heavy (non-hydrogen) atoms. The fourth-order valence-electron chi connectivity index (χ4n) is 2.20. The van der Waals surface area contributed by atoms with E-state index in [1.165, 1.54) is 0 Å². The van der Waals surface area contributed by atoms with Crippen LogP contribution in [0.25, 0.3) is 0 Å². The molecule has 7 nitrogen and oxygen atoms in total. The number of ether oxygens (including phenoxy) is 1. The minimum Gasteiger partial charge on any atom is -0.489 e. The lowest BCUT2D eigenvalue weighted by molar-refractivity contribution is -0.123. The number of hydrogen-bond donors (Lipinski definition) is 2. The minimum absolute atomic E-state index is 0.0467. The summed E-state index contributed by atoms with van der Waals surface area (Å²) in [5, 5.41) is 3.87. The Bertz CT molecular complexity index is 728. The van der Waals surface area contributed by atoms with Crippen molar-refractivity contribution in [1.82, 2.24) is 16.0 Å². The van der Waals surface area contributed by atoms with Crippen molar-refractivity contribution in [3.63, 3.8) is 0 Å². The molecule has 2 N–H and O–H groups in total. The highest BCUT2D eigenvalue weighted by Gasteiger charge is 2.29. The van der Waals surface area contributed by atoms with Crippen molar-refractivity contribution in [2.24, 2.45) is 5.92 Å². The Morgan fingerprint density at radius 3 is 2.50 bits per heavy atom. The number of benzene rings is 1. The summed E-state index contributed by atoms with van der Waals surface area (Å²) in [4.78, 5) is 23.4. The summed E-state index contributed by atoms with van der Waals surface area (Å²) in [6.45, 7) is 4.05. The topological polar surface area (TPSA) is 93.5 Å². The van der Waals surface area contributed by atoms with Crippen molar-refractivity contribution >= 4 is 11.8 Å². The number of hydrogen-bond acceptors (Lipinski definition) is 5. The smallest absolute Gasteiger partial charge is 0.269 e. The third-order valence-electron chi connectivity index (χ3n) is 3.93. The van der Waals surface area contributed by atoms with Gasteiger partial charge < -0.3 is 9.26 Å². The highest BCUT2D eigenvalue weighted by molar-refractivity contribution is 5.95. The fourth-order valence-corrected chi connectivity index (χ4v) is 2.20. The largest absolute Gasteiger partial charge is 0.489 e. The summed E-state index contributed by atoms with van der Waals surface area (Å²) in [6, 6.07) is 6.69. The van der Waals surface area contributed by atoms with E-state index in [0.717, 1.165) is 29.9 Å². The highest BCUT2D eigenvalue weighted by Crippen LogP contribution is 2.28. The lowest BCUT2D eigenvalue weighted by atomic mass is 10.2. The first-order valence-electron chi connectivity index (χ1n) is 7.79. The van der Waals surface area contributed by atoms with Crippen LogP contribution in [0.4, 0.5) is 0 Å². The molecule has 2 aromatic rings. The van der Waals surface area contributed by atoms with E-state index in [1.807, 2.05) is 13.8 Å². The molecule has 0 atom stereocenters. The molecule has 0 bridgehead atoms. The molecular weight excluding hydrogens is 310 g/mol. The van der Waals surface area contributed by atoms with Crippen molar-refractivity contribution in [3.8, 4) is 5.75 Å². The number of hydrazine groups is 1. The van der Waals surface area contributed by atoms with Crippen LogP contribution in [0.2, 0.25) is 0 Å². The van der Waals surface area contributed by atoms with Gasteiger partial charge in [0.25, 0.3) is 5.91 Å². The minimum atomic E-state index is -0.360. The van der Waals surface area contributed by atoms with Crippen LogP contribution in [0.15, 0.2) is 28.8 Å². The molecule has 7 heteroatoms. The Morgan fingerprint density at radius 2 is 1.92 bits per heavy atom. The van der Waals surface area contributed by atoms with Crippen molar-refractivity contribution in [3.05, 3.63) is 46.8 Å². The number of amides is 2. The number of nitrogens with one attached hydrogen (secondary N) is 2. The van der Waals surface area contributed by atoms with E-state index in [-0.39, 0.29) is 17.7 Å². The van der Waals surface area contributed by atoms with Crippen LogP contribution in [-0.4, -0.2) is 17.0 Å². The molecule has 1 aliphatic rings. The molecule has 0 unspecified atom stereocenters. The summed E-state index contributed by atoms with van der Waals surface area (Å²) in [5.41, 5.74) is 6.99. The second kappa shape index (κ2) is 6.74. The van der Waals surface area contributed by atoms with Gasteiger partial charge in [-0.15, -0.1) is 0 Å². The quantitative estimate of drug-likeness (QED) is 0.819. The number of aryl methyl sites for hydroxylation is 2. The maximum Gasteiger partial charge on any atom is 0.269 e. The van der Waals surface area contributed by atoms with Gasteiger partial charge >= 0.3 is 0 Å². The van der Waals surface area contributed by atoms with Gasteiger partial charge in [0.05, 0.1) is 11.3 Å². The number of aromatic nitrogens is 1. The predicted molar refractivity (Wildman–Crippen MR) is 85.1 cm³/mol. The van der Waals surface area contributed by atoms with Crippen molar-refractivity contribution in [1.29, 1.82) is 0 Å². The van der Waals surface area contributed by atoms with Crippen molar-refractivity contribution in [2.75, 3.05) is 0 Å². The predicted octanol–water partition coefficient (Wildman–Crippen LogP) is 2.04. The Morgan fingerprint density at radius 1 is 1.21 bits per heavy atom. The number of carbonyl (C=O) groups is 2. The van der Waals surface area contributed by atoms with E-state index in [0.29, 0.717) is 17.9 Å². The zero-order valence-electron chi connectivity index (χ0n) is 13.6. The van der Waals surface area contributed by atoms with E-state index < -0.39 is 0 Å². The van der Waals surface area contributed by atoms with Crippen LogP contribution in [-0.2, 0) is 11.4 Å². The van der Waals surface area contributed by atoms with Crippen LogP contribution in [0.3, 0.4) is 0 Å². The summed E-state index contributed by atoms with van der Waals surface area (Å²) in [5.74, 6) is 0.915. The molecule has 1 aliphatic carbocycles. The first-order chi connectivity index (χ1) is 11.5. The molecule has 1 aromatic carbocycles. The molecule has 0 saturated heterocycles. The molecule has 1 saturated carbocycles. The van der Waals surface area contributed by atoms with Gasteiger partial charge in [-0.2, -0.15) is 0 Å². The van der Waals surface area contributed by atoms with Gasteiger partial charge in [0.15, 0.2) is 0 Å². The molecular formula is C17H19N3O4. The molecule has 2 amide bonds. The first kappa shape index (κ1) is 16.0. The number of rotatable bonds is 5. The maximum absolute atomic E-state index is 12.0. The molecule has 1 aromatic heterocycles. The Balaban J connectivity index is 1.52. The third kappa shape index (κ3) is 3.73. The van der Waals surface area contributed by atoms with Crippen LogP contribution < -0.4 is 15.6 Å². The molecule has 0 spiro atoms. The van der Waals surface area contributed by atoms with Gasteiger partial charge in [-0.1, -0.05) is 5.16 Å². The average molecular weight is 329 g/mol. The van der Waals surface area contributed by atoms with Gasteiger partial charge in [0, 0.05) is 11.5 Å². The average Bonchev–Trinajstić information content (AvgIpc) is 3.38. The standard InChI is InChI=1S/C17H19N3O4/c1-10-15(11(2)24-20-10)9-23-14-7-5-13(6-8-14)17(22)19-18-16(21)12-3-4-12/h5-8,12H,3-4,9H2,1-2H3,(H,18,21)(H,19,22). The monoisotopic (exact) mass is 329 g/mol. The Hall–Kier alpha value is -2.83. The van der Waals surface area contributed by atoms with Gasteiger partial charge in [-0.05, 0) is 51.0 Å². The Labute approximate surface area is 139 Å². The van der Waals surface area contributed by atoms with Gasteiger partial charge in [0.1, 0.15) is 18.1 Å². The summed E-state index contributed by atoms with van der Waals surface area (Å²) in [7, 11) is 0. The van der Waals surface area contributed by atoms with Crippen LogP contribution in [0.5, 0.6) is 5.75 Å². The zero-order chi connectivity index (χ0) is 17.1. The molecule has 3 rings (SSSR count). The molecule has 126 valence electrons.